The summed E-state index contributed by atoms with van der Waals surface area (Å²) in [6, 6.07) is 1.84. The lowest BCUT2D eigenvalue weighted by molar-refractivity contribution is -0.319. The van der Waals surface area contributed by atoms with Gasteiger partial charge in [-0.25, -0.2) is 0 Å². The predicted octanol–water partition coefficient (Wildman–Crippen LogP) is 3.36. The summed E-state index contributed by atoms with van der Waals surface area (Å²) in [5.41, 5.74) is -1.82. The van der Waals surface area contributed by atoms with Gasteiger partial charge in [0, 0.05) is 34.7 Å². The zero-order valence-corrected chi connectivity index (χ0v) is 21.1. The second-order valence-electron chi connectivity index (χ2n) is 12.7. The van der Waals surface area contributed by atoms with Gasteiger partial charge in [-0.2, -0.15) is 0 Å². The van der Waals surface area contributed by atoms with Gasteiger partial charge in [-0.1, -0.05) is 27.7 Å². The van der Waals surface area contributed by atoms with E-state index in [0.717, 1.165) is 18.4 Å². The number of hydrogen-bond donors (Lipinski definition) is 2. The second kappa shape index (κ2) is 6.90. The lowest BCUT2D eigenvalue weighted by Gasteiger charge is -2.66. The molecule has 3 saturated heterocycles. The van der Waals surface area contributed by atoms with Crippen molar-refractivity contribution in [3.63, 3.8) is 0 Å². The van der Waals surface area contributed by atoms with E-state index in [1.807, 2.05) is 26.8 Å². The molecule has 1 spiro atoms. The van der Waals surface area contributed by atoms with Gasteiger partial charge < -0.3 is 28.8 Å². The third kappa shape index (κ3) is 2.54. The molecule has 192 valence electrons. The summed E-state index contributed by atoms with van der Waals surface area (Å²) in [7, 11) is 1.36. The zero-order chi connectivity index (χ0) is 25.2. The Hall–Kier alpha value is -1.90. The largest absolute Gasteiger partial charge is 0.472 e. The van der Waals surface area contributed by atoms with Gasteiger partial charge in [0.15, 0.2) is 5.79 Å². The number of ether oxygens (including phenoxy) is 3. The van der Waals surface area contributed by atoms with Crippen LogP contribution in [0.15, 0.2) is 23.0 Å². The van der Waals surface area contributed by atoms with Gasteiger partial charge in [0.25, 0.3) is 0 Å². The minimum absolute atomic E-state index is 0.0772. The highest BCUT2D eigenvalue weighted by Crippen LogP contribution is 2.80. The molecular weight excluding hydrogens is 452 g/mol. The van der Waals surface area contributed by atoms with Crippen molar-refractivity contribution in [1.29, 1.82) is 0 Å². The SMILES string of the molecule is COC(=O)C[C@H]1C(C)(C)[C@H](O)[C@@H]2C[C@@]34O[C@]2(O)[C@]1(C)[C@H]3CC[C@]1(C)[C@H]4CC(=O)O[C@H]1c1ccoc1. The molecule has 5 fully saturated rings. The topological polar surface area (TPSA) is 115 Å². The number of carbonyl (C=O) groups excluding carboxylic acids is 2. The number of methoxy groups -OCH3 is 1. The number of furan rings is 1. The highest BCUT2D eigenvalue weighted by atomic mass is 16.7. The first-order valence-electron chi connectivity index (χ1n) is 12.7. The van der Waals surface area contributed by atoms with Crippen LogP contribution in [0.25, 0.3) is 0 Å². The number of hydrogen-bond acceptors (Lipinski definition) is 8. The van der Waals surface area contributed by atoms with Crippen molar-refractivity contribution in [2.75, 3.05) is 7.11 Å². The molecule has 2 saturated carbocycles. The Kier molecular flexibility index (Phi) is 4.63. The van der Waals surface area contributed by atoms with E-state index in [0.29, 0.717) is 6.42 Å². The van der Waals surface area contributed by atoms with Gasteiger partial charge in [0.1, 0.15) is 6.10 Å². The van der Waals surface area contributed by atoms with E-state index in [4.69, 9.17) is 18.6 Å². The quantitative estimate of drug-likeness (QED) is 0.623. The van der Waals surface area contributed by atoms with Crippen LogP contribution in [0.1, 0.15) is 71.5 Å². The Bertz CT molecular complexity index is 1070. The van der Waals surface area contributed by atoms with Crippen LogP contribution in [0.3, 0.4) is 0 Å². The van der Waals surface area contributed by atoms with Crippen LogP contribution in [-0.4, -0.2) is 46.8 Å². The Morgan fingerprint density at radius 2 is 1.97 bits per heavy atom. The average Bonchev–Trinajstić information content (AvgIpc) is 3.48. The number of rotatable bonds is 3. The van der Waals surface area contributed by atoms with Crippen LogP contribution in [0.4, 0.5) is 0 Å². The summed E-state index contributed by atoms with van der Waals surface area (Å²) in [5.74, 6) is -3.41. The fraction of sp³-hybridized carbons (Fsp3) is 0.778. The molecule has 2 aliphatic carbocycles. The molecule has 0 aromatic carbocycles. The molecule has 1 aromatic rings. The van der Waals surface area contributed by atoms with E-state index in [1.165, 1.54) is 7.11 Å². The van der Waals surface area contributed by atoms with E-state index in [1.54, 1.807) is 12.5 Å². The first-order chi connectivity index (χ1) is 16.4. The molecule has 10 atom stereocenters. The van der Waals surface area contributed by atoms with Gasteiger partial charge in [-0.15, -0.1) is 0 Å². The van der Waals surface area contributed by atoms with E-state index >= 15 is 0 Å². The van der Waals surface area contributed by atoms with Crippen LogP contribution < -0.4 is 0 Å². The molecule has 1 aromatic heterocycles. The summed E-state index contributed by atoms with van der Waals surface area (Å²) >= 11 is 0. The van der Waals surface area contributed by atoms with Gasteiger partial charge in [0.05, 0.1) is 37.8 Å². The van der Waals surface area contributed by atoms with Crippen molar-refractivity contribution in [3.05, 3.63) is 24.2 Å². The Labute approximate surface area is 205 Å². The first-order valence-corrected chi connectivity index (χ1v) is 12.7. The van der Waals surface area contributed by atoms with Crippen molar-refractivity contribution in [1.82, 2.24) is 0 Å². The molecule has 4 heterocycles. The number of fused-ring (bicyclic) bond motifs is 2. The lowest BCUT2D eigenvalue weighted by Crippen LogP contribution is -2.72. The molecule has 0 unspecified atom stereocenters. The van der Waals surface area contributed by atoms with Gasteiger partial charge in [0.2, 0.25) is 0 Å². The van der Waals surface area contributed by atoms with Gasteiger partial charge >= 0.3 is 11.9 Å². The van der Waals surface area contributed by atoms with Crippen LogP contribution in [0.2, 0.25) is 0 Å². The molecule has 3 aliphatic heterocycles. The number of aliphatic hydroxyl groups excluding tert-OH is 1. The first kappa shape index (κ1) is 23.5. The minimum Gasteiger partial charge on any atom is -0.472 e. The number of esters is 2. The molecule has 6 rings (SSSR count). The maximum Gasteiger partial charge on any atom is 0.306 e. The maximum atomic E-state index is 13.0. The summed E-state index contributed by atoms with van der Waals surface area (Å²) in [6.45, 7) is 8.14. The number of cyclic esters (lactones) is 1. The monoisotopic (exact) mass is 488 g/mol. The Balaban J connectivity index is 1.50. The van der Waals surface area contributed by atoms with Crippen molar-refractivity contribution >= 4 is 11.9 Å². The summed E-state index contributed by atoms with van der Waals surface area (Å²) in [5, 5.41) is 23.9. The molecule has 0 radical (unpaired) electrons. The Morgan fingerprint density at radius 1 is 1.23 bits per heavy atom. The van der Waals surface area contributed by atoms with E-state index in [2.05, 4.69) is 6.92 Å². The highest BCUT2D eigenvalue weighted by Gasteiger charge is 2.86. The molecule has 8 heteroatoms. The fourth-order valence-electron chi connectivity index (χ4n) is 9.67. The van der Waals surface area contributed by atoms with Crippen molar-refractivity contribution in [3.8, 4) is 0 Å². The Morgan fingerprint density at radius 3 is 2.63 bits per heavy atom. The van der Waals surface area contributed by atoms with Crippen molar-refractivity contribution < 1.29 is 38.4 Å². The van der Waals surface area contributed by atoms with Crippen LogP contribution >= 0.6 is 0 Å². The van der Waals surface area contributed by atoms with Crippen molar-refractivity contribution in [2.45, 2.75) is 83.4 Å². The predicted molar refractivity (Wildman–Crippen MR) is 121 cm³/mol. The highest BCUT2D eigenvalue weighted by molar-refractivity contribution is 5.72. The lowest BCUT2D eigenvalue weighted by atomic mass is 9.37. The molecule has 8 nitrogen and oxygen atoms in total. The third-order valence-electron chi connectivity index (χ3n) is 11.3. The maximum absolute atomic E-state index is 13.0. The summed E-state index contributed by atoms with van der Waals surface area (Å²) < 4.78 is 23.1. The van der Waals surface area contributed by atoms with E-state index < -0.39 is 45.8 Å². The van der Waals surface area contributed by atoms with E-state index in [-0.39, 0.29) is 42.5 Å². The van der Waals surface area contributed by atoms with Gasteiger partial charge in [-0.05, 0) is 42.6 Å². The molecule has 2 N–H and O–H groups in total. The third-order valence-corrected chi connectivity index (χ3v) is 11.3. The molecule has 35 heavy (non-hydrogen) atoms. The van der Waals surface area contributed by atoms with Crippen LogP contribution in [0, 0.1) is 39.9 Å². The minimum atomic E-state index is -1.59. The van der Waals surface area contributed by atoms with E-state index in [9.17, 15) is 19.8 Å². The zero-order valence-electron chi connectivity index (χ0n) is 21.1. The normalized spacial score (nSPS) is 51.3. The van der Waals surface area contributed by atoms with Crippen molar-refractivity contribution in [2.24, 2.45) is 39.9 Å². The fourth-order valence-corrected chi connectivity index (χ4v) is 9.67. The molecule has 2 bridgehead atoms. The molecule has 5 aliphatic rings. The summed E-state index contributed by atoms with van der Waals surface area (Å²) in [4.78, 5) is 25.5. The molecular formula is C27H36O8. The van der Waals surface area contributed by atoms with Crippen LogP contribution in [-0.2, 0) is 23.8 Å². The molecule has 0 amide bonds. The summed E-state index contributed by atoms with van der Waals surface area (Å²) in [6.07, 6.45) is 4.17. The van der Waals surface area contributed by atoms with Gasteiger partial charge in [-0.3, -0.25) is 9.59 Å². The second-order valence-corrected chi connectivity index (χ2v) is 12.7. The number of carbonyl (C=O) groups is 2. The average molecular weight is 489 g/mol. The van der Waals surface area contributed by atoms with Crippen LogP contribution in [0.5, 0.6) is 0 Å². The smallest absolute Gasteiger partial charge is 0.306 e. The number of aliphatic hydroxyl groups is 2. The standard InChI is InChI=1S/C27H36O8/c1-23(2)17(10-19(28)32-5)25(4)16-6-8-24(3)18(11-20(29)34-22(24)14-7-9-33-13-14)26(16)12-15(21(23)30)27(25,31)35-26/h7,9,13,15-18,21-22,30-31H,6,8,10-12H2,1-5H3/t15-,16+,17-,18+,21+,22-,24+,25+,26+,27-/m0/s1.